The molecule has 6 heteroatoms. The molecule has 0 radical (unpaired) electrons. The smallest absolute Gasteiger partial charge is 0.243 e. The Bertz CT molecular complexity index is 1220. The third-order valence-electron chi connectivity index (χ3n) is 6.26. The Hall–Kier alpha value is -2.70. The van der Waals surface area contributed by atoms with Crippen LogP contribution in [-0.4, -0.2) is 42.7 Å². The summed E-state index contributed by atoms with van der Waals surface area (Å²) in [5, 5.41) is 1.88. The summed E-state index contributed by atoms with van der Waals surface area (Å²) in [5.41, 5.74) is 2.42. The second kappa shape index (κ2) is 7.52. The van der Waals surface area contributed by atoms with E-state index in [1.807, 2.05) is 53.4 Å². The summed E-state index contributed by atoms with van der Waals surface area (Å²) in [4.78, 5) is 15.4. The van der Waals surface area contributed by atoms with E-state index in [9.17, 15) is 13.2 Å². The minimum atomic E-state index is -3.74. The van der Waals surface area contributed by atoms with Crippen molar-refractivity contribution >= 4 is 26.7 Å². The highest BCUT2D eigenvalue weighted by molar-refractivity contribution is 7.89. The van der Waals surface area contributed by atoms with Crippen LogP contribution in [0, 0.1) is 0 Å². The van der Waals surface area contributed by atoms with Gasteiger partial charge in [0.15, 0.2) is 0 Å². The molecule has 1 fully saturated rings. The number of hydrogen-bond acceptors (Lipinski definition) is 3. The summed E-state index contributed by atoms with van der Waals surface area (Å²) in [7, 11) is -3.74. The van der Waals surface area contributed by atoms with Crippen molar-refractivity contribution in [3.05, 3.63) is 77.9 Å². The molecule has 5 nitrogen and oxygen atoms in total. The lowest BCUT2D eigenvalue weighted by atomic mass is 9.99. The first-order valence-corrected chi connectivity index (χ1v) is 11.8. The zero-order chi connectivity index (χ0) is 20.7. The minimum absolute atomic E-state index is 0.0774. The van der Waals surface area contributed by atoms with Gasteiger partial charge in [0.1, 0.15) is 6.04 Å². The van der Waals surface area contributed by atoms with Crippen LogP contribution in [0.4, 0.5) is 0 Å². The molecule has 2 aliphatic heterocycles. The zero-order valence-electron chi connectivity index (χ0n) is 16.7. The largest absolute Gasteiger partial charge is 0.337 e. The van der Waals surface area contributed by atoms with Crippen molar-refractivity contribution in [2.24, 2.45) is 0 Å². The summed E-state index contributed by atoms with van der Waals surface area (Å²) in [6.45, 7) is 1.57. The quantitative estimate of drug-likeness (QED) is 0.651. The van der Waals surface area contributed by atoms with E-state index in [1.165, 1.54) is 9.87 Å². The molecule has 5 rings (SSSR count). The van der Waals surface area contributed by atoms with Gasteiger partial charge in [0.05, 0.1) is 4.90 Å². The third-order valence-corrected chi connectivity index (χ3v) is 8.16. The van der Waals surface area contributed by atoms with E-state index in [1.54, 1.807) is 12.1 Å². The van der Waals surface area contributed by atoms with Gasteiger partial charge >= 0.3 is 0 Å². The highest BCUT2D eigenvalue weighted by Crippen LogP contribution is 2.30. The van der Waals surface area contributed by atoms with E-state index in [4.69, 9.17) is 0 Å². The summed E-state index contributed by atoms with van der Waals surface area (Å²) in [6.07, 6.45) is 2.09. The van der Waals surface area contributed by atoms with Crippen LogP contribution in [0.2, 0.25) is 0 Å². The van der Waals surface area contributed by atoms with Gasteiger partial charge in [0, 0.05) is 19.6 Å². The molecule has 0 aromatic heterocycles. The number of sulfonamides is 1. The molecular weight excluding hydrogens is 396 g/mol. The Balaban J connectivity index is 1.42. The third kappa shape index (κ3) is 3.30. The van der Waals surface area contributed by atoms with Crippen LogP contribution in [0.1, 0.15) is 24.0 Å². The van der Waals surface area contributed by atoms with Crippen molar-refractivity contribution in [2.75, 3.05) is 13.1 Å². The number of nitrogens with zero attached hydrogens (tertiary/aromatic N) is 2. The number of benzene rings is 3. The van der Waals surface area contributed by atoms with Crippen molar-refractivity contribution in [2.45, 2.75) is 36.7 Å². The first-order valence-electron chi connectivity index (χ1n) is 10.4. The van der Waals surface area contributed by atoms with Gasteiger partial charge in [-0.3, -0.25) is 4.79 Å². The molecule has 0 unspecified atom stereocenters. The van der Waals surface area contributed by atoms with Gasteiger partial charge in [-0.2, -0.15) is 4.31 Å². The number of carbonyl (C=O) groups is 1. The van der Waals surface area contributed by atoms with Crippen LogP contribution >= 0.6 is 0 Å². The SMILES string of the molecule is O=C([C@@H]1CCCN1S(=O)(=O)c1ccc2ccccc2c1)N1CCc2ccccc2C1. The molecule has 0 bridgehead atoms. The molecule has 3 aromatic rings. The van der Waals surface area contributed by atoms with Crippen LogP contribution in [0.25, 0.3) is 10.8 Å². The maximum atomic E-state index is 13.4. The van der Waals surface area contributed by atoms with Gasteiger partial charge in [0.2, 0.25) is 15.9 Å². The lowest BCUT2D eigenvalue weighted by molar-refractivity contribution is -0.135. The van der Waals surface area contributed by atoms with Crippen molar-refractivity contribution in [3.8, 4) is 0 Å². The highest BCUT2D eigenvalue weighted by atomic mass is 32.2. The molecular formula is C24H24N2O3S. The number of rotatable bonds is 3. The van der Waals surface area contributed by atoms with Crippen molar-refractivity contribution < 1.29 is 13.2 Å². The Morgan fingerprint density at radius 1 is 0.867 bits per heavy atom. The van der Waals surface area contributed by atoms with Crippen LogP contribution in [-0.2, 0) is 27.8 Å². The molecule has 2 aliphatic rings. The Morgan fingerprint density at radius 2 is 1.60 bits per heavy atom. The van der Waals surface area contributed by atoms with Crippen molar-refractivity contribution in [3.63, 3.8) is 0 Å². The standard InChI is InChI=1S/C24H24N2O3S/c27-24(25-15-13-19-7-2-4-9-21(19)17-25)23-10-5-14-26(23)30(28,29)22-12-11-18-6-1-3-8-20(18)16-22/h1-4,6-9,11-12,16,23H,5,10,13-15,17H2/t23-/m0/s1. The topological polar surface area (TPSA) is 57.7 Å². The first kappa shape index (κ1) is 19.3. The molecule has 0 aliphatic carbocycles. The molecule has 1 saturated heterocycles. The van der Waals surface area contributed by atoms with Crippen molar-refractivity contribution in [1.82, 2.24) is 9.21 Å². The van der Waals surface area contributed by atoms with Crippen LogP contribution in [0.5, 0.6) is 0 Å². The number of amides is 1. The maximum Gasteiger partial charge on any atom is 0.243 e. The predicted molar refractivity (Wildman–Crippen MR) is 116 cm³/mol. The van der Waals surface area contributed by atoms with Crippen molar-refractivity contribution in [1.29, 1.82) is 0 Å². The average Bonchev–Trinajstić information content (AvgIpc) is 3.29. The summed E-state index contributed by atoms with van der Waals surface area (Å²) < 4.78 is 28.3. The van der Waals surface area contributed by atoms with E-state index < -0.39 is 16.1 Å². The number of fused-ring (bicyclic) bond motifs is 2. The number of carbonyl (C=O) groups excluding carboxylic acids is 1. The van der Waals surface area contributed by atoms with E-state index in [0.717, 1.165) is 22.8 Å². The second-order valence-corrected chi connectivity index (χ2v) is 9.95. The fraction of sp³-hybridized carbons (Fsp3) is 0.292. The molecule has 2 heterocycles. The minimum Gasteiger partial charge on any atom is -0.337 e. The van der Waals surface area contributed by atoms with Gasteiger partial charge < -0.3 is 4.90 Å². The summed E-state index contributed by atoms with van der Waals surface area (Å²) in [5.74, 6) is -0.0774. The van der Waals surface area contributed by atoms with E-state index >= 15 is 0 Å². The first-order chi connectivity index (χ1) is 14.5. The fourth-order valence-corrected chi connectivity index (χ4v) is 6.32. The monoisotopic (exact) mass is 420 g/mol. The van der Waals surface area contributed by atoms with Crippen LogP contribution in [0.15, 0.2) is 71.6 Å². The highest BCUT2D eigenvalue weighted by Gasteiger charge is 2.41. The summed E-state index contributed by atoms with van der Waals surface area (Å²) >= 11 is 0. The Kier molecular flexibility index (Phi) is 4.83. The molecule has 0 saturated carbocycles. The molecule has 30 heavy (non-hydrogen) atoms. The average molecular weight is 421 g/mol. The van der Waals surface area contributed by atoms with Gasteiger partial charge in [0.25, 0.3) is 0 Å². The lowest BCUT2D eigenvalue weighted by Crippen LogP contribution is -2.49. The van der Waals surface area contributed by atoms with Gasteiger partial charge in [-0.05, 0) is 53.3 Å². The summed E-state index contributed by atoms with van der Waals surface area (Å²) in [6, 6.07) is 20.4. The molecule has 1 atom stereocenters. The molecule has 0 spiro atoms. The molecule has 0 N–H and O–H groups in total. The van der Waals surface area contributed by atoms with E-state index in [-0.39, 0.29) is 10.8 Å². The van der Waals surface area contributed by atoms with Crippen LogP contribution in [0.3, 0.4) is 0 Å². The van der Waals surface area contributed by atoms with E-state index in [2.05, 4.69) is 6.07 Å². The number of hydrogen-bond donors (Lipinski definition) is 0. The van der Waals surface area contributed by atoms with Gasteiger partial charge in [-0.15, -0.1) is 0 Å². The Labute approximate surface area is 177 Å². The normalized spacial score (nSPS) is 19.7. The van der Waals surface area contributed by atoms with Gasteiger partial charge in [-0.1, -0.05) is 54.6 Å². The maximum absolute atomic E-state index is 13.4. The lowest BCUT2D eigenvalue weighted by Gasteiger charge is -2.33. The predicted octanol–water partition coefficient (Wildman–Crippen LogP) is 3.58. The van der Waals surface area contributed by atoms with Crippen LogP contribution < -0.4 is 0 Å². The van der Waals surface area contributed by atoms with Gasteiger partial charge in [-0.25, -0.2) is 8.42 Å². The zero-order valence-corrected chi connectivity index (χ0v) is 17.5. The van der Waals surface area contributed by atoms with E-state index in [0.29, 0.717) is 32.5 Å². The second-order valence-electron chi connectivity index (χ2n) is 8.06. The molecule has 3 aromatic carbocycles. The molecule has 154 valence electrons. The Morgan fingerprint density at radius 3 is 2.43 bits per heavy atom. The fourth-order valence-electron chi connectivity index (χ4n) is 4.63. The molecule has 1 amide bonds.